The lowest BCUT2D eigenvalue weighted by molar-refractivity contribution is 0.0690. The topological polar surface area (TPSA) is 63.1 Å². The molecule has 0 atom stereocenters. The lowest BCUT2D eigenvalue weighted by Gasteiger charge is -2.11. The molecule has 0 radical (unpaired) electrons. The summed E-state index contributed by atoms with van der Waals surface area (Å²) in [5, 5.41) is 9.88. The first kappa shape index (κ1) is 16.3. The number of aromatic carboxylic acids is 1. The summed E-state index contributed by atoms with van der Waals surface area (Å²) in [7, 11) is 0. The fraction of sp³-hybridized carbons (Fsp3) is 0.615. The van der Waals surface area contributed by atoms with Crippen LogP contribution in [0.15, 0.2) is 5.03 Å². The lowest BCUT2D eigenvalue weighted by Crippen LogP contribution is -2.11. The molecule has 1 aromatic rings. The molecule has 0 saturated heterocycles. The van der Waals surface area contributed by atoms with E-state index in [2.05, 4.69) is 16.9 Å². The first-order chi connectivity index (χ1) is 8.97. The summed E-state index contributed by atoms with van der Waals surface area (Å²) in [5.41, 5.74) is 0.799. The zero-order chi connectivity index (χ0) is 14.4. The maximum Gasteiger partial charge on any atom is 0.340 e. The molecule has 0 fully saturated rings. The monoisotopic (exact) mass is 300 g/mol. The number of carboxylic acid groups (broad SMARTS) is 1. The number of rotatable bonds is 7. The molecule has 0 aromatic carbocycles. The molecule has 1 rings (SSSR count). The van der Waals surface area contributed by atoms with Gasteiger partial charge in [-0.15, -0.1) is 11.8 Å². The van der Waals surface area contributed by atoms with Crippen molar-refractivity contribution >= 4 is 29.5 Å². The van der Waals surface area contributed by atoms with Gasteiger partial charge in [-0.3, -0.25) is 0 Å². The molecule has 19 heavy (non-hydrogen) atoms. The Kier molecular flexibility index (Phi) is 6.65. The minimum Gasteiger partial charge on any atom is -0.478 e. The van der Waals surface area contributed by atoms with Crippen LogP contribution in [0.4, 0.5) is 0 Å². The van der Waals surface area contributed by atoms with Crippen LogP contribution in [0.2, 0.25) is 0 Å². The summed E-state index contributed by atoms with van der Waals surface area (Å²) in [4.78, 5) is 20.0. The number of hydrogen-bond acceptors (Lipinski definition) is 5. The first-order valence-corrected chi connectivity index (χ1v) is 8.43. The van der Waals surface area contributed by atoms with E-state index in [1.807, 2.05) is 25.6 Å². The molecular formula is C13H20N2O2S2. The minimum atomic E-state index is -0.946. The molecule has 0 unspecified atom stereocenters. The average Bonchev–Trinajstić information content (AvgIpc) is 2.33. The highest BCUT2D eigenvalue weighted by Gasteiger charge is 2.19. The third-order valence-electron chi connectivity index (χ3n) is 2.47. The Morgan fingerprint density at radius 2 is 2.00 bits per heavy atom. The zero-order valence-electron chi connectivity index (χ0n) is 11.8. The Bertz CT molecular complexity index is 451. The lowest BCUT2D eigenvalue weighted by atomic mass is 10.2. The molecule has 1 heterocycles. The Morgan fingerprint density at radius 1 is 1.32 bits per heavy atom. The largest absolute Gasteiger partial charge is 0.478 e. The quantitative estimate of drug-likeness (QED) is 0.473. The normalized spacial score (nSPS) is 11.0. The van der Waals surface area contributed by atoms with Gasteiger partial charge in [-0.05, 0) is 12.7 Å². The highest BCUT2D eigenvalue weighted by molar-refractivity contribution is 8.02. The van der Waals surface area contributed by atoms with E-state index in [4.69, 9.17) is 0 Å². The fourth-order valence-corrected chi connectivity index (χ4v) is 3.34. The Balaban J connectivity index is 2.99. The number of carbonyl (C=O) groups is 1. The Morgan fingerprint density at radius 3 is 2.53 bits per heavy atom. The van der Waals surface area contributed by atoms with Gasteiger partial charge in [-0.25, -0.2) is 14.8 Å². The molecule has 1 N–H and O–H groups in total. The van der Waals surface area contributed by atoms with Crippen LogP contribution in [-0.4, -0.2) is 38.3 Å². The van der Waals surface area contributed by atoms with Crippen LogP contribution in [0.25, 0.3) is 0 Å². The summed E-state index contributed by atoms with van der Waals surface area (Å²) in [6.07, 6.45) is 0. The SMILES string of the molecule is CCSCCSc1nc(C(C)C)nc(C)c1C(=O)O. The third-order valence-corrected chi connectivity index (χ3v) is 4.61. The second-order valence-corrected chi connectivity index (χ2v) is 6.83. The van der Waals surface area contributed by atoms with Gasteiger partial charge in [-0.1, -0.05) is 20.8 Å². The predicted molar refractivity (Wildman–Crippen MR) is 81.5 cm³/mol. The number of carboxylic acids is 1. The summed E-state index contributed by atoms with van der Waals surface area (Å²) in [5.74, 6) is 2.91. The van der Waals surface area contributed by atoms with Gasteiger partial charge < -0.3 is 5.11 Å². The molecular weight excluding hydrogens is 280 g/mol. The van der Waals surface area contributed by atoms with E-state index in [1.165, 1.54) is 11.8 Å². The standard InChI is InChI=1S/C13H20N2O2S2/c1-5-18-6-7-19-12-10(13(16)17)9(4)14-11(15-12)8(2)3/h8H,5-7H2,1-4H3,(H,16,17). The minimum absolute atomic E-state index is 0.200. The highest BCUT2D eigenvalue weighted by atomic mass is 32.2. The van der Waals surface area contributed by atoms with Crippen LogP contribution < -0.4 is 0 Å². The van der Waals surface area contributed by atoms with E-state index < -0.39 is 5.97 Å². The van der Waals surface area contributed by atoms with Gasteiger partial charge in [0.15, 0.2) is 0 Å². The number of nitrogens with zero attached hydrogens (tertiary/aromatic N) is 2. The molecule has 0 aliphatic rings. The Hall–Kier alpha value is -0.750. The first-order valence-electron chi connectivity index (χ1n) is 6.29. The van der Waals surface area contributed by atoms with Gasteiger partial charge >= 0.3 is 5.97 Å². The fourth-order valence-electron chi connectivity index (χ4n) is 1.52. The van der Waals surface area contributed by atoms with Crippen molar-refractivity contribution in [2.24, 2.45) is 0 Å². The van der Waals surface area contributed by atoms with Crippen LogP contribution in [0.1, 0.15) is 48.6 Å². The molecule has 6 heteroatoms. The van der Waals surface area contributed by atoms with Crippen molar-refractivity contribution in [2.45, 2.75) is 38.6 Å². The van der Waals surface area contributed by atoms with Gasteiger partial charge in [0.1, 0.15) is 16.4 Å². The van der Waals surface area contributed by atoms with Crippen molar-refractivity contribution in [3.63, 3.8) is 0 Å². The van der Waals surface area contributed by atoms with Crippen molar-refractivity contribution in [2.75, 3.05) is 17.3 Å². The summed E-state index contributed by atoms with van der Waals surface area (Å²) in [6.45, 7) is 7.87. The van der Waals surface area contributed by atoms with Crippen molar-refractivity contribution in [3.8, 4) is 0 Å². The van der Waals surface area contributed by atoms with Gasteiger partial charge in [0.2, 0.25) is 0 Å². The molecule has 0 saturated carbocycles. The van der Waals surface area contributed by atoms with Crippen LogP contribution in [-0.2, 0) is 0 Å². The van der Waals surface area contributed by atoms with Crippen molar-refractivity contribution in [1.29, 1.82) is 0 Å². The Labute approximate surface area is 122 Å². The predicted octanol–water partition coefficient (Wildman–Crippen LogP) is 3.45. The van der Waals surface area contributed by atoms with Crippen LogP contribution in [0.5, 0.6) is 0 Å². The maximum absolute atomic E-state index is 11.3. The van der Waals surface area contributed by atoms with Crippen LogP contribution >= 0.6 is 23.5 Å². The molecule has 1 aromatic heterocycles. The maximum atomic E-state index is 11.3. The van der Waals surface area contributed by atoms with E-state index in [-0.39, 0.29) is 11.5 Å². The molecule has 0 amide bonds. The van der Waals surface area contributed by atoms with E-state index >= 15 is 0 Å². The van der Waals surface area contributed by atoms with Gasteiger partial charge in [0.25, 0.3) is 0 Å². The van der Waals surface area contributed by atoms with E-state index in [0.29, 0.717) is 16.5 Å². The average molecular weight is 300 g/mol. The molecule has 0 aliphatic heterocycles. The summed E-state index contributed by atoms with van der Waals surface area (Å²) < 4.78 is 0. The molecule has 0 aliphatic carbocycles. The second-order valence-electron chi connectivity index (χ2n) is 4.35. The van der Waals surface area contributed by atoms with Gasteiger partial charge in [-0.2, -0.15) is 11.8 Å². The van der Waals surface area contributed by atoms with Crippen LogP contribution in [0, 0.1) is 6.92 Å². The molecule has 0 spiro atoms. The molecule has 106 valence electrons. The number of aryl methyl sites for hydroxylation is 1. The number of thioether (sulfide) groups is 2. The number of hydrogen-bond donors (Lipinski definition) is 1. The van der Waals surface area contributed by atoms with Crippen molar-refractivity contribution in [1.82, 2.24) is 9.97 Å². The van der Waals surface area contributed by atoms with E-state index in [0.717, 1.165) is 17.3 Å². The van der Waals surface area contributed by atoms with Gasteiger partial charge in [0, 0.05) is 17.4 Å². The smallest absolute Gasteiger partial charge is 0.340 e. The van der Waals surface area contributed by atoms with Crippen molar-refractivity contribution < 1.29 is 9.90 Å². The number of aromatic nitrogens is 2. The summed E-state index contributed by atoms with van der Waals surface area (Å²) >= 11 is 3.35. The van der Waals surface area contributed by atoms with Crippen molar-refractivity contribution in [3.05, 3.63) is 17.1 Å². The summed E-state index contributed by atoms with van der Waals surface area (Å²) in [6, 6.07) is 0. The zero-order valence-corrected chi connectivity index (χ0v) is 13.4. The van der Waals surface area contributed by atoms with E-state index in [1.54, 1.807) is 6.92 Å². The van der Waals surface area contributed by atoms with Crippen LogP contribution in [0.3, 0.4) is 0 Å². The van der Waals surface area contributed by atoms with Gasteiger partial charge in [0.05, 0.1) is 5.69 Å². The second kappa shape index (κ2) is 7.75. The highest BCUT2D eigenvalue weighted by Crippen LogP contribution is 2.25. The van der Waals surface area contributed by atoms with E-state index in [9.17, 15) is 9.90 Å². The third kappa shape index (κ3) is 4.69. The molecule has 0 bridgehead atoms. The molecule has 4 nitrogen and oxygen atoms in total.